The van der Waals surface area contributed by atoms with Crippen molar-refractivity contribution in [1.29, 1.82) is 0 Å². The molecule has 0 atom stereocenters. The molecular formula is C18H33N3. The van der Waals surface area contributed by atoms with Gasteiger partial charge in [-0.2, -0.15) is 0 Å². The first kappa shape index (κ1) is 18.1. The van der Waals surface area contributed by atoms with Crippen LogP contribution in [0, 0.1) is 5.41 Å². The monoisotopic (exact) mass is 291 g/mol. The van der Waals surface area contributed by atoms with E-state index in [0.717, 1.165) is 26.1 Å². The second-order valence-electron chi connectivity index (χ2n) is 6.23. The van der Waals surface area contributed by atoms with Crippen molar-refractivity contribution in [2.75, 3.05) is 33.2 Å². The highest BCUT2D eigenvalue weighted by Crippen LogP contribution is 2.26. The van der Waals surface area contributed by atoms with Gasteiger partial charge in [0.25, 0.3) is 0 Å². The molecule has 0 bridgehead atoms. The summed E-state index contributed by atoms with van der Waals surface area (Å²) in [6.07, 6.45) is 8.55. The predicted octanol–water partition coefficient (Wildman–Crippen LogP) is 3.36. The van der Waals surface area contributed by atoms with Crippen LogP contribution in [-0.2, 0) is 6.42 Å². The van der Waals surface area contributed by atoms with E-state index in [0.29, 0.717) is 5.41 Å². The van der Waals surface area contributed by atoms with E-state index in [-0.39, 0.29) is 0 Å². The number of hydrogen-bond donors (Lipinski definition) is 1. The molecule has 0 aromatic carbocycles. The topological polar surface area (TPSA) is 28.2 Å². The van der Waals surface area contributed by atoms with Crippen LogP contribution in [0.4, 0.5) is 0 Å². The molecule has 0 aliphatic carbocycles. The fourth-order valence-electron chi connectivity index (χ4n) is 2.83. The Hall–Kier alpha value is -0.930. The van der Waals surface area contributed by atoms with Gasteiger partial charge in [-0.05, 0) is 62.4 Å². The van der Waals surface area contributed by atoms with Gasteiger partial charge in [-0.15, -0.1) is 0 Å². The van der Waals surface area contributed by atoms with Crippen molar-refractivity contribution in [2.45, 2.75) is 46.5 Å². The molecule has 1 aromatic heterocycles. The van der Waals surface area contributed by atoms with Crippen molar-refractivity contribution < 1.29 is 0 Å². The molecule has 0 saturated carbocycles. The SMILES string of the molecule is CCCNCC(CC)(CC)CN(C)CCc1ccncc1. The molecule has 1 heterocycles. The zero-order chi connectivity index (χ0) is 15.6. The van der Waals surface area contributed by atoms with Crippen LogP contribution in [0.25, 0.3) is 0 Å². The summed E-state index contributed by atoms with van der Waals surface area (Å²) in [7, 11) is 2.25. The molecule has 3 heteroatoms. The van der Waals surface area contributed by atoms with E-state index < -0.39 is 0 Å². The lowest BCUT2D eigenvalue weighted by Crippen LogP contribution is -2.43. The Morgan fingerprint density at radius 3 is 2.38 bits per heavy atom. The number of hydrogen-bond acceptors (Lipinski definition) is 3. The fraction of sp³-hybridized carbons (Fsp3) is 0.722. The van der Waals surface area contributed by atoms with Crippen LogP contribution in [0.15, 0.2) is 24.5 Å². The number of nitrogens with zero attached hydrogens (tertiary/aromatic N) is 2. The molecule has 0 amide bonds. The smallest absolute Gasteiger partial charge is 0.0270 e. The van der Waals surface area contributed by atoms with Gasteiger partial charge in [0.15, 0.2) is 0 Å². The van der Waals surface area contributed by atoms with E-state index in [4.69, 9.17) is 0 Å². The lowest BCUT2D eigenvalue weighted by Gasteiger charge is -2.36. The number of nitrogens with one attached hydrogen (secondary N) is 1. The van der Waals surface area contributed by atoms with E-state index in [1.54, 1.807) is 0 Å². The highest BCUT2D eigenvalue weighted by molar-refractivity contribution is 5.09. The molecule has 0 unspecified atom stereocenters. The summed E-state index contributed by atoms with van der Waals surface area (Å²) in [5.74, 6) is 0. The summed E-state index contributed by atoms with van der Waals surface area (Å²) in [6, 6.07) is 4.23. The first-order valence-corrected chi connectivity index (χ1v) is 8.44. The third-order valence-electron chi connectivity index (χ3n) is 4.56. The van der Waals surface area contributed by atoms with Crippen molar-refractivity contribution in [1.82, 2.24) is 15.2 Å². The van der Waals surface area contributed by atoms with Crippen molar-refractivity contribution in [2.24, 2.45) is 5.41 Å². The van der Waals surface area contributed by atoms with Gasteiger partial charge in [0.2, 0.25) is 0 Å². The lowest BCUT2D eigenvalue weighted by atomic mass is 9.81. The molecule has 0 aliphatic rings. The van der Waals surface area contributed by atoms with E-state index >= 15 is 0 Å². The Balaban J connectivity index is 2.45. The van der Waals surface area contributed by atoms with Crippen LogP contribution in [0.2, 0.25) is 0 Å². The maximum Gasteiger partial charge on any atom is 0.0270 e. The average Bonchev–Trinajstić information content (AvgIpc) is 2.53. The largest absolute Gasteiger partial charge is 0.316 e. The van der Waals surface area contributed by atoms with Gasteiger partial charge in [-0.1, -0.05) is 20.8 Å². The summed E-state index contributed by atoms with van der Waals surface area (Å²) in [6.45, 7) is 11.4. The Kier molecular flexibility index (Phi) is 8.55. The first-order valence-electron chi connectivity index (χ1n) is 8.44. The lowest BCUT2D eigenvalue weighted by molar-refractivity contribution is 0.156. The van der Waals surface area contributed by atoms with Gasteiger partial charge in [0.1, 0.15) is 0 Å². The number of rotatable bonds is 11. The van der Waals surface area contributed by atoms with E-state index in [2.05, 4.69) is 55.2 Å². The first-order chi connectivity index (χ1) is 10.2. The minimum absolute atomic E-state index is 0.405. The zero-order valence-electron chi connectivity index (χ0n) is 14.4. The van der Waals surface area contributed by atoms with E-state index in [1.807, 2.05) is 12.4 Å². The van der Waals surface area contributed by atoms with Crippen LogP contribution in [0.1, 0.15) is 45.6 Å². The number of aromatic nitrogens is 1. The summed E-state index contributed by atoms with van der Waals surface area (Å²) in [4.78, 5) is 6.57. The molecule has 0 radical (unpaired) electrons. The molecule has 1 rings (SSSR count). The maximum atomic E-state index is 4.08. The van der Waals surface area contributed by atoms with Crippen LogP contribution in [0.3, 0.4) is 0 Å². The van der Waals surface area contributed by atoms with Crippen molar-refractivity contribution in [3.63, 3.8) is 0 Å². The van der Waals surface area contributed by atoms with Gasteiger partial charge >= 0.3 is 0 Å². The Bertz CT molecular complexity index is 360. The second kappa shape index (κ2) is 9.91. The van der Waals surface area contributed by atoms with Crippen LogP contribution >= 0.6 is 0 Å². The average molecular weight is 291 g/mol. The van der Waals surface area contributed by atoms with Crippen molar-refractivity contribution in [3.8, 4) is 0 Å². The number of pyridine rings is 1. The summed E-state index contributed by atoms with van der Waals surface area (Å²) >= 11 is 0. The van der Waals surface area contributed by atoms with Crippen LogP contribution in [-0.4, -0.2) is 43.1 Å². The van der Waals surface area contributed by atoms with Gasteiger partial charge < -0.3 is 10.2 Å². The minimum atomic E-state index is 0.405. The van der Waals surface area contributed by atoms with E-state index in [9.17, 15) is 0 Å². The molecule has 0 spiro atoms. The molecule has 0 aliphatic heterocycles. The second-order valence-corrected chi connectivity index (χ2v) is 6.23. The van der Waals surface area contributed by atoms with Crippen molar-refractivity contribution >= 4 is 0 Å². The van der Waals surface area contributed by atoms with Crippen LogP contribution < -0.4 is 5.32 Å². The van der Waals surface area contributed by atoms with Crippen molar-refractivity contribution in [3.05, 3.63) is 30.1 Å². The molecule has 21 heavy (non-hydrogen) atoms. The molecule has 0 fully saturated rings. The Morgan fingerprint density at radius 1 is 1.14 bits per heavy atom. The molecule has 3 nitrogen and oxygen atoms in total. The fourth-order valence-corrected chi connectivity index (χ4v) is 2.83. The third-order valence-corrected chi connectivity index (χ3v) is 4.56. The van der Waals surface area contributed by atoms with Crippen LogP contribution in [0.5, 0.6) is 0 Å². The molecule has 1 aromatic rings. The van der Waals surface area contributed by atoms with Gasteiger partial charge in [0, 0.05) is 32.0 Å². The Labute approximate surface area is 131 Å². The molecule has 0 saturated heterocycles. The van der Waals surface area contributed by atoms with Gasteiger partial charge in [-0.25, -0.2) is 0 Å². The number of likely N-dealkylation sites (N-methyl/N-ethyl adjacent to an activating group) is 1. The molecular weight excluding hydrogens is 258 g/mol. The van der Waals surface area contributed by atoms with Gasteiger partial charge in [0.05, 0.1) is 0 Å². The highest BCUT2D eigenvalue weighted by atomic mass is 15.1. The predicted molar refractivity (Wildman–Crippen MR) is 91.6 cm³/mol. The molecule has 120 valence electrons. The molecule has 1 N–H and O–H groups in total. The Morgan fingerprint density at radius 2 is 1.81 bits per heavy atom. The standard InChI is InChI=1S/C18H33N3/c1-5-11-20-15-18(6-2,7-3)16-21(4)14-10-17-8-12-19-13-9-17/h8-9,12-13,20H,5-7,10-11,14-16H2,1-4H3. The summed E-state index contributed by atoms with van der Waals surface area (Å²) in [5.41, 5.74) is 1.78. The minimum Gasteiger partial charge on any atom is -0.316 e. The normalized spacial score (nSPS) is 12.0. The van der Waals surface area contributed by atoms with E-state index in [1.165, 1.54) is 31.4 Å². The van der Waals surface area contributed by atoms with Gasteiger partial charge in [-0.3, -0.25) is 4.98 Å². The highest BCUT2D eigenvalue weighted by Gasteiger charge is 2.27. The third kappa shape index (κ3) is 6.58. The summed E-state index contributed by atoms with van der Waals surface area (Å²) < 4.78 is 0. The summed E-state index contributed by atoms with van der Waals surface area (Å²) in [5, 5.41) is 3.62. The maximum absolute atomic E-state index is 4.08. The zero-order valence-corrected chi connectivity index (χ0v) is 14.4. The quantitative estimate of drug-likeness (QED) is 0.634.